The number of aromatic nitrogens is 1. The second kappa shape index (κ2) is 11.2. The third kappa shape index (κ3) is 6.39. The van der Waals surface area contributed by atoms with Crippen LogP contribution in [0.3, 0.4) is 0 Å². The zero-order chi connectivity index (χ0) is 27.5. The Hall–Kier alpha value is -3.31. The van der Waals surface area contributed by atoms with Gasteiger partial charge in [0.2, 0.25) is 5.91 Å². The standard InChI is InChI=1S/C33H40N2O3/c1-32(2,3)25-16-14-22(15-17-25)27(28(24-13-10-19-34-21-24)31(37)35-33(4,5)6)29(36)26-18-20-38-30(26)23-11-8-7-9-12-23/h7-17,19,21,26-28,30H,18,20H2,1-6H3,(H,35,37)/t26-,27?,28?,30-/m1/s1. The fraction of sp³-hybridized carbons (Fsp3) is 0.424. The highest BCUT2D eigenvalue weighted by atomic mass is 16.5. The highest BCUT2D eigenvalue weighted by Crippen LogP contribution is 2.43. The van der Waals surface area contributed by atoms with Gasteiger partial charge in [-0.15, -0.1) is 0 Å². The summed E-state index contributed by atoms with van der Waals surface area (Å²) >= 11 is 0. The highest BCUT2D eigenvalue weighted by molar-refractivity contribution is 5.97. The Balaban J connectivity index is 1.83. The van der Waals surface area contributed by atoms with Crippen molar-refractivity contribution < 1.29 is 14.3 Å². The Kier molecular flexibility index (Phi) is 8.17. The van der Waals surface area contributed by atoms with E-state index in [-0.39, 0.29) is 29.1 Å². The molecule has 1 fully saturated rings. The number of carbonyl (C=O) groups is 2. The Bertz CT molecular complexity index is 1230. The van der Waals surface area contributed by atoms with Crippen LogP contribution in [0.2, 0.25) is 0 Å². The molecular formula is C33H40N2O3. The van der Waals surface area contributed by atoms with Crippen molar-refractivity contribution in [3.05, 3.63) is 101 Å². The smallest absolute Gasteiger partial charge is 0.229 e. The normalized spacial score (nSPS) is 19.5. The molecule has 1 aromatic heterocycles. The molecule has 0 aliphatic carbocycles. The number of rotatable bonds is 7. The highest BCUT2D eigenvalue weighted by Gasteiger charge is 2.44. The van der Waals surface area contributed by atoms with Crippen LogP contribution in [0.25, 0.3) is 0 Å². The first kappa shape index (κ1) is 27.7. The maximum absolute atomic E-state index is 14.6. The molecule has 0 radical (unpaired) electrons. The molecule has 1 aliphatic heterocycles. The first-order valence-corrected chi connectivity index (χ1v) is 13.5. The first-order chi connectivity index (χ1) is 18.0. The minimum atomic E-state index is -0.729. The second-order valence-electron chi connectivity index (χ2n) is 12.4. The molecule has 5 heteroatoms. The number of carbonyl (C=O) groups excluding carboxylic acids is 2. The summed E-state index contributed by atoms with van der Waals surface area (Å²) in [5.74, 6) is -1.93. The molecule has 0 bridgehead atoms. The van der Waals surface area contributed by atoms with E-state index in [1.165, 1.54) is 5.56 Å². The van der Waals surface area contributed by atoms with Crippen LogP contribution in [0.4, 0.5) is 0 Å². The molecule has 3 aromatic rings. The predicted molar refractivity (Wildman–Crippen MR) is 151 cm³/mol. The van der Waals surface area contributed by atoms with Gasteiger partial charge in [0.1, 0.15) is 5.78 Å². The molecule has 38 heavy (non-hydrogen) atoms. The molecule has 200 valence electrons. The molecule has 2 unspecified atom stereocenters. The van der Waals surface area contributed by atoms with E-state index >= 15 is 0 Å². The van der Waals surface area contributed by atoms with Gasteiger partial charge in [-0.25, -0.2) is 0 Å². The zero-order valence-electron chi connectivity index (χ0n) is 23.4. The number of ketones is 1. The van der Waals surface area contributed by atoms with Gasteiger partial charge in [0.15, 0.2) is 0 Å². The van der Waals surface area contributed by atoms with Gasteiger partial charge in [-0.2, -0.15) is 0 Å². The summed E-state index contributed by atoms with van der Waals surface area (Å²) in [6.45, 7) is 12.9. The van der Waals surface area contributed by atoms with E-state index in [0.29, 0.717) is 13.0 Å². The number of pyridine rings is 1. The lowest BCUT2D eigenvalue weighted by molar-refractivity contribution is -0.132. The van der Waals surface area contributed by atoms with Crippen LogP contribution in [-0.2, 0) is 19.7 Å². The molecular weight excluding hydrogens is 472 g/mol. The molecule has 2 heterocycles. The molecule has 1 amide bonds. The largest absolute Gasteiger partial charge is 0.373 e. The van der Waals surface area contributed by atoms with Crippen LogP contribution in [0.1, 0.15) is 88.2 Å². The molecule has 0 saturated carbocycles. The summed E-state index contributed by atoms with van der Waals surface area (Å²) in [7, 11) is 0. The Morgan fingerprint density at radius 3 is 2.13 bits per heavy atom. The van der Waals surface area contributed by atoms with Gasteiger partial charge in [0.05, 0.1) is 23.9 Å². The van der Waals surface area contributed by atoms with Crippen molar-refractivity contribution in [1.82, 2.24) is 10.3 Å². The van der Waals surface area contributed by atoms with Crippen LogP contribution in [0.5, 0.6) is 0 Å². The number of Topliss-reactive ketones (excluding diaryl/α,β-unsaturated/α-hetero) is 1. The predicted octanol–water partition coefficient (Wildman–Crippen LogP) is 6.51. The Morgan fingerprint density at radius 2 is 1.55 bits per heavy atom. The van der Waals surface area contributed by atoms with Gasteiger partial charge in [0, 0.05) is 24.5 Å². The van der Waals surface area contributed by atoms with E-state index in [1.807, 2.05) is 75.4 Å². The van der Waals surface area contributed by atoms with E-state index in [9.17, 15) is 9.59 Å². The van der Waals surface area contributed by atoms with Gasteiger partial charge in [-0.1, -0.05) is 81.4 Å². The fourth-order valence-corrected chi connectivity index (χ4v) is 5.30. The van der Waals surface area contributed by atoms with Crippen molar-refractivity contribution in [3.63, 3.8) is 0 Å². The lowest BCUT2D eigenvalue weighted by Crippen LogP contribution is -2.46. The van der Waals surface area contributed by atoms with E-state index in [1.54, 1.807) is 12.4 Å². The third-order valence-corrected chi connectivity index (χ3v) is 7.19. The van der Waals surface area contributed by atoms with Crippen molar-refractivity contribution >= 4 is 11.7 Å². The van der Waals surface area contributed by atoms with Crippen LogP contribution in [0.15, 0.2) is 79.1 Å². The van der Waals surface area contributed by atoms with Crippen LogP contribution < -0.4 is 5.32 Å². The number of nitrogens with zero attached hydrogens (tertiary/aromatic N) is 1. The molecule has 4 atom stereocenters. The lowest BCUT2D eigenvalue weighted by atomic mass is 9.72. The summed E-state index contributed by atoms with van der Waals surface area (Å²) in [5.41, 5.74) is 3.24. The van der Waals surface area contributed by atoms with E-state index < -0.39 is 17.4 Å². The lowest BCUT2D eigenvalue weighted by Gasteiger charge is -2.32. The summed E-state index contributed by atoms with van der Waals surface area (Å²) in [6.07, 6.45) is 3.68. The number of amides is 1. The van der Waals surface area contributed by atoms with E-state index in [4.69, 9.17) is 4.74 Å². The molecule has 1 N–H and O–H groups in total. The van der Waals surface area contributed by atoms with Crippen LogP contribution in [0, 0.1) is 5.92 Å². The van der Waals surface area contributed by atoms with Gasteiger partial charge in [-0.3, -0.25) is 14.6 Å². The molecule has 5 nitrogen and oxygen atoms in total. The van der Waals surface area contributed by atoms with Gasteiger partial charge >= 0.3 is 0 Å². The minimum Gasteiger partial charge on any atom is -0.373 e. The number of nitrogens with one attached hydrogen (secondary N) is 1. The molecule has 0 spiro atoms. The van der Waals surface area contributed by atoms with Gasteiger partial charge in [-0.05, 0) is 60.9 Å². The molecule has 2 aromatic carbocycles. The quantitative estimate of drug-likeness (QED) is 0.392. The number of ether oxygens (including phenoxy) is 1. The van der Waals surface area contributed by atoms with E-state index in [2.05, 4.69) is 43.2 Å². The topological polar surface area (TPSA) is 68.3 Å². The van der Waals surface area contributed by atoms with Crippen molar-refractivity contribution in [2.75, 3.05) is 6.61 Å². The van der Waals surface area contributed by atoms with Crippen molar-refractivity contribution in [2.45, 2.75) is 76.9 Å². The summed E-state index contributed by atoms with van der Waals surface area (Å²) < 4.78 is 6.12. The first-order valence-electron chi connectivity index (χ1n) is 13.5. The zero-order valence-corrected chi connectivity index (χ0v) is 23.4. The minimum absolute atomic E-state index is 0.0257. The Labute approximate surface area is 227 Å². The van der Waals surface area contributed by atoms with Crippen LogP contribution >= 0.6 is 0 Å². The summed E-state index contributed by atoms with van der Waals surface area (Å²) in [6, 6.07) is 21.8. The Morgan fingerprint density at radius 1 is 0.868 bits per heavy atom. The van der Waals surface area contributed by atoms with Crippen molar-refractivity contribution in [3.8, 4) is 0 Å². The third-order valence-electron chi connectivity index (χ3n) is 7.19. The maximum atomic E-state index is 14.6. The van der Waals surface area contributed by atoms with Crippen LogP contribution in [-0.4, -0.2) is 28.8 Å². The van der Waals surface area contributed by atoms with Gasteiger partial charge in [0.25, 0.3) is 0 Å². The number of hydrogen-bond acceptors (Lipinski definition) is 4. The number of benzene rings is 2. The average Bonchev–Trinajstić information content (AvgIpc) is 3.36. The van der Waals surface area contributed by atoms with Crippen molar-refractivity contribution in [2.24, 2.45) is 5.92 Å². The maximum Gasteiger partial charge on any atom is 0.229 e. The summed E-state index contributed by atoms with van der Waals surface area (Å²) in [5, 5.41) is 3.14. The molecule has 1 aliphatic rings. The monoisotopic (exact) mass is 512 g/mol. The van der Waals surface area contributed by atoms with Crippen molar-refractivity contribution in [1.29, 1.82) is 0 Å². The second-order valence-corrected chi connectivity index (χ2v) is 12.4. The molecule has 4 rings (SSSR count). The molecule has 1 saturated heterocycles. The number of hydrogen-bond donors (Lipinski definition) is 1. The fourth-order valence-electron chi connectivity index (χ4n) is 5.30. The summed E-state index contributed by atoms with van der Waals surface area (Å²) in [4.78, 5) is 32.9. The average molecular weight is 513 g/mol. The van der Waals surface area contributed by atoms with E-state index in [0.717, 1.165) is 16.7 Å². The SMILES string of the molecule is CC(C)(C)NC(=O)C(c1cccnc1)C(C(=O)[C@H]1CCO[C@@H]1c1ccccc1)c1ccc(C(C)(C)C)cc1. The van der Waals surface area contributed by atoms with Gasteiger partial charge < -0.3 is 10.1 Å².